The number of carbonyl (C=O) groups is 1. The summed E-state index contributed by atoms with van der Waals surface area (Å²) in [4.78, 5) is 11.8. The minimum Gasteiger partial charge on any atom is -0.325 e. The second-order valence-corrected chi connectivity index (χ2v) is 5.07. The summed E-state index contributed by atoms with van der Waals surface area (Å²) in [5.74, 6) is -0.472. The van der Waals surface area contributed by atoms with E-state index in [1.54, 1.807) is 0 Å². The van der Waals surface area contributed by atoms with Crippen molar-refractivity contribution in [2.45, 2.75) is 19.9 Å². The molecular weight excluding hydrogens is 267 g/mol. The van der Waals surface area contributed by atoms with Crippen LogP contribution >= 0.6 is 0 Å². The van der Waals surface area contributed by atoms with Gasteiger partial charge in [0.05, 0.1) is 6.54 Å². The molecule has 0 heterocycles. The van der Waals surface area contributed by atoms with E-state index < -0.39 is 0 Å². The Balaban J connectivity index is 1.84. The highest BCUT2D eigenvalue weighted by molar-refractivity contribution is 5.92. The molecule has 1 amide bonds. The lowest BCUT2D eigenvalue weighted by molar-refractivity contribution is -0.115. The zero-order valence-corrected chi connectivity index (χ0v) is 12.2. The standard InChI is InChI=1S/C17H19FN2O/c1-12-4-3-5-14(10-12)13(2)19-11-17(21)20-16-8-6-15(18)7-9-16/h3-10,13,19H,11H2,1-2H3,(H,20,21)/t13-/m0/s1. The van der Waals surface area contributed by atoms with Crippen molar-refractivity contribution in [3.8, 4) is 0 Å². The minimum atomic E-state index is -0.320. The third-order valence-electron chi connectivity index (χ3n) is 3.24. The SMILES string of the molecule is Cc1cccc([C@H](C)NCC(=O)Nc2ccc(F)cc2)c1. The van der Waals surface area contributed by atoms with Gasteiger partial charge in [-0.1, -0.05) is 29.8 Å². The van der Waals surface area contributed by atoms with Crippen LogP contribution in [0.4, 0.5) is 10.1 Å². The number of carbonyl (C=O) groups excluding carboxylic acids is 1. The number of nitrogens with one attached hydrogen (secondary N) is 2. The summed E-state index contributed by atoms with van der Waals surface area (Å²) in [5, 5.41) is 5.89. The maximum Gasteiger partial charge on any atom is 0.238 e. The van der Waals surface area contributed by atoms with Crippen LogP contribution in [0.25, 0.3) is 0 Å². The summed E-state index contributed by atoms with van der Waals surface area (Å²) in [7, 11) is 0. The summed E-state index contributed by atoms with van der Waals surface area (Å²) in [6.45, 7) is 4.25. The minimum absolute atomic E-state index is 0.0869. The molecule has 0 saturated heterocycles. The normalized spacial score (nSPS) is 12.0. The Morgan fingerprint density at radius 1 is 1.19 bits per heavy atom. The van der Waals surface area contributed by atoms with Gasteiger partial charge in [0, 0.05) is 11.7 Å². The Morgan fingerprint density at radius 3 is 2.57 bits per heavy atom. The van der Waals surface area contributed by atoms with Crippen LogP contribution in [0.1, 0.15) is 24.1 Å². The number of anilines is 1. The molecule has 21 heavy (non-hydrogen) atoms. The molecule has 1 atom stereocenters. The molecule has 0 aliphatic heterocycles. The van der Waals surface area contributed by atoms with E-state index in [9.17, 15) is 9.18 Å². The third kappa shape index (κ3) is 4.68. The van der Waals surface area contributed by atoms with E-state index in [0.717, 1.165) is 5.56 Å². The number of hydrogen-bond acceptors (Lipinski definition) is 2. The van der Waals surface area contributed by atoms with Crippen molar-refractivity contribution in [1.29, 1.82) is 0 Å². The first-order valence-electron chi connectivity index (χ1n) is 6.90. The first-order valence-corrected chi connectivity index (χ1v) is 6.90. The van der Waals surface area contributed by atoms with E-state index in [0.29, 0.717) is 5.69 Å². The summed E-state index contributed by atoms with van der Waals surface area (Å²) < 4.78 is 12.8. The topological polar surface area (TPSA) is 41.1 Å². The molecule has 2 N–H and O–H groups in total. The van der Waals surface area contributed by atoms with Crippen molar-refractivity contribution in [3.63, 3.8) is 0 Å². The van der Waals surface area contributed by atoms with Gasteiger partial charge >= 0.3 is 0 Å². The third-order valence-corrected chi connectivity index (χ3v) is 3.24. The summed E-state index contributed by atoms with van der Waals surface area (Å²) >= 11 is 0. The molecule has 110 valence electrons. The lowest BCUT2D eigenvalue weighted by Crippen LogP contribution is -2.30. The number of aryl methyl sites for hydroxylation is 1. The maximum atomic E-state index is 12.8. The highest BCUT2D eigenvalue weighted by Gasteiger charge is 2.08. The first-order chi connectivity index (χ1) is 10.0. The smallest absolute Gasteiger partial charge is 0.238 e. The highest BCUT2D eigenvalue weighted by atomic mass is 19.1. The van der Waals surface area contributed by atoms with Crippen molar-refractivity contribution < 1.29 is 9.18 Å². The lowest BCUT2D eigenvalue weighted by Gasteiger charge is -2.14. The van der Waals surface area contributed by atoms with Crippen LogP contribution in [-0.4, -0.2) is 12.5 Å². The van der Waals surface area contributed by atoms with Crippen molar-refractivity contribution in [2.75, 3.05) is 11.9 Å². The Morgan fingerprint density at radius 2 is 1.90 bits per heavy atom. The predicted molar refractivity (Wildman–Crippen MR) is 82.6 cm³/mol. The Bertz CT molecular complexity index is 610. The van der Waals surface area contributed by atoms with Gasteiger partial charge in [-0.15, -0.1) is 0 Å². The van der Waals surface area contributed by atoms with Crippen LogP contribution < -0.4 is 10.6 Å². The van der Waals surface area contributed by atoms with Gasteiger partial charge in [-0.05, 0) is 43.7 Å². The van der Waals surface area contributed by atoms with E-state index in [1.165, 1.54) is 29.8 Å². The second kappa shape index (κ2) is 6.99. The molecule has 0 saturated carbocycles. The van der Waals surface area contributed by atoms with Crippen molar-refractivity contribution >= 4 is 11.6 Å². The monoisotopic (exact) mass is 286 g/mol. The van der Waals surface area contributed by atoms with Gasteiger partial charge in [0.15, 0.2) is 0 Å². The molecule has 0 fully saturated rings. The van der Waals surface area contributed by atoms with Gasteiger partial charge in [0.1, 0.15) is 5.82 Å². The fourth-order valence-electron chi connectivity index (χ4n) is 2.04. The van der Waals surface area contributed by atoms with Gasteiger partial charge < -0.3 is 10.6 Å². The quantitative estimate of drug-likeness (QED) is 0.884. The highest BCUT2D eigenvalue weighted by Crippen LogP contribution is 2.13. The first kappa shape index (κ1) is 15.2. The molecule has 2 aromatic carbocycles. The van der Waals surface area contributed by atoms with E-state index in [2.05, 4.69) is 16.7 Å². The van der Waals surface area contributed by atoms with Gasteiger partial charge in [-0.2, -0.15) is 0 Å². The van der Waals surface area contributed by atoms with Crippen LogP contribution in [0.5, 0.6) is 0 Å². The Hall–Kier alpha value is -2.20. The number of rotatable bonds is 5. The van der Waals surface area contributed by atoms with Crippen LogP contribution in [0.3, 0.4) is 0 Å². The van der Waals surface area contributed by atoms with E-state index >= 15 is 0 Å². The summed E-state index contributed by atoms with van der Waals surface area (Å²) in [6, 6.07) is 14.0. The van der Waals surface area contributed by atoms with Crippen molar-refractivity contribution in [2.24, 2.45) is 0 Å². The molecule has 2 aromatic rings. The molecule has 0 aromatic heterocycles. The fraction of sp³-hybridized carbons (Fsp3) is 0.235. The Kier molecular flexibility index (Phi) is 5.06. The molecule has 0 aliphatic carbocycles. The van der Waals surface area contributed by atoms with Gasteiger partial charge in [0.2, 0.25) is 5.91 Å². The molecule has 0 spiro atoms. The van der Waals surface area contributed by atoms with Crippen LogP contribution in [0.15, 0.2) is 48.5 Å². The molecule has 0 unspecified atom stereocenters. The van der Waals surface area contributed by atoms with Crippen molar-refractivity contribution in [1.82, 2.24) is 5.32 Å². The summed E-state index contributed by atoms with van der Waals surface area (Å²) in [5.41, 5.74) is 2.92. The Labute approximate surface area is 124 Å². The average molecular weight is 286 g/mol. The lowest BCUT2D eigenvalue weighted by atomic mass is 10.1. The van der Waals surface area contributed by atoms with E-state index in [4.69, 9.17) is 0 Å². The number of hydrogen-bond donors (Lipinski definition) is 2. The predicted octanol–water partition coefficient (Wildman–Crippen LogP) is 3.42. The van der Waals surface area contributed by atoms with Crippen LogP contribution in [-0.2, 0) is 4.79 Å². The average Bonchev–Trinajstić information content (AvgIpc) is 2.47. The largest absolute Gasteiger partial charge is 0.325 e. The van der Waals surface area contributed by atoms with Crippen molar-refractivity contribution in [3.05, 3.63) is 65.5 Å². The number of benzene rings is 2. The van der Waals surface area contributed by atoms with Gasteiger partial charge in [-0.3, -0.25) is 4.79 Å². The number of halogens is 1. The second-order valence-electron chi connectivity index (χ2n) is 5.07. The van der Waals surface area contributed by atoms with Gasteiger partial charge in [-0.25, -0.2) is 4.39 Å². The molecule has 0 aliphatic rings. The molecular formula is C17H19FN2O. The fourth-order valence-corrected chi connectivity index (χ4v) is 2.04. The molecule has 2 rings (SSSR count). The van der Waals surface area contributed by atoms with Gasteiger partial charge in [0.25, 0.3) is 0 Å². The summed E-state index contributed by atoms with van der Waals surface area (Å²) in [6.07, 6.45) is 0. The van der Waals surface area contributed by atoms with E-state index in [-0.39, 0.29) is 24.3 Å². The zero-order valence-electron chi connectivity index (χ0n) is 12.2. The molecule has 4 heteroatoms. The van der Waals surface area contributed by atoms with E-state index in [1.807, 2.05) is 32.0 Å². The maximum absolute atomic E-state index is 12.8. The molecule has 0 bridgehead atoms. The molecule has 0 radical (unpaired) electrons. The van der Waals surface area contributed by atoms with Crippen LogP contribution in [0, 0.1) is 12.7 Å². The van der Waals surface area contributed by atoms with Crippen LogP contribution in [0.2, 0.25) is 0 Å². The molecule has 3 nitrogen and oxygen atoms in total. The zero-order chi connectivity index (χ0) is 15.2. The number of amides is 1.